The molecule has 25 heavy (non-hydrogen) atoms. The summed E-state index contributed by atoms with van der Waals surface area (Å²) in [7, 11) is 0.167. The Balaban J connectivity index is 2.53. The minimum atomic E-state index is -3.82. The average molecular weight is 384 g/mol. The largest absolute Gasteiger partial charge is 0.496 e. The summed E-state index contributed by atoms with van der Waals surface area (Å²) in [5, 5.41) is 0.0828. The van der Waals surface area contributed by atoms with E-state index in [1.54, 1.807) is 12.1 Å². The molecule has 0 spiro atoms. The van der Waals surface area contributed by atoms with Gasteiger partial charge in [0.1, 0.15) is 11.3 Å². The van der Waals surface area contributed by atoms with Crippen molar-refractivity contribution in [3.8, 4) is 5.75 Å². The van der Waals surface area contributed by atoms with E-state index >= 15 is 0 Å². The van der Waals surface area contributed by atoms with Gasteiger partial charge in [-0.15, -0.1) is 0 Å². The Morgan fingerprint density at radius 1 is 1.12 bits per heavy atom. The first-order valence-corrected chi connectivity index (χ1v) is 9.05. The molecule has 2 rings (SSSR count). The molecule has 0 bridgehead atoms. The van der Waals surface area contributed by atoms with Gasteiger partial charge in [-0.2, -0.15) is 0 Å². The van der Waals surface area contributed by atoms with Gasteiger partial charge in [-0.3, -0.25) is 4.31 Å². The van der Waals surface area contributed by atoms with Crippen LogP contribution >= 0.6 is 11.6 Å². The normalized spacial score (nSPS) is 11.1. The molecular formula is C17H18ClNO5S. The fourth-order valence-corrected chi connectivity index (χ4v) is 3.77. The van der Waals surface area contributed by atoms with Crippen molar-refractivity contribution in [2.45, 2.75) is 11.8 Å². The highest BCUT2D eigenvalue weighted by molar-refractivity contribution is 7.92. The Bertz CT molecular complexity index is 894. The number of sulfonamides is 1. The van der Waals surface area contributed by atoms with Gasteiger partial charge in [-0.1, -0.05) is 29.3 Å². The molecule has 134 valence electrons. The van der Waals surface area contributed by atoms with Crippen LogP contribution in [0.25, 0.3) is 0 Å². The van der Waals surface area contributed by atoms with Crippen LogP contribution in [0.3, 0.4) is 0 Å². The molecule has 0 aliphatic heterocycles. The van der Waals surface area contributed by atoms with Gasteiger partial charge in [0, 0.05) is 13.1 Å². The molecule has 0 amide bonds. The fourth-order valence-electron chi connectivity index (χ4n) is 2.22. The minimum absolute atomic E-state index is 0.0828. The molecule has 2 aromatic rings. The number of rotatable bonds is 5. The van der Waals surface area contributed by atoms with E-state index in [2.05, 4.69) is 4.74 Å². The number of halogens is 1. The summed E-state index contributed by atoms with van der Waals surface area (Å²) in [4.78, 5) is 11.9. The second kappa shape index (κ2) is 7.33. The van der Waals surface area contributed by atoms with E-state index in [0.29, 0.717) is 0 Å². The lowest BCUT2D eigenvalue weighted by Gasteiger charge is -2.22. The van der Waals surface area contributed by atoms with Crippen molar-refractivity contribution in [3.63, 3.8) is 0 Å². The second-order valence-corrected chi connectivity index (χ2v) is 7.66. The fraction of sp³-hybridized carbons (Fsp3) is 0.235. The number of benzene rings is 2. The number of esters is 1. The van der Waals surface area contributed by atoms with E-state index in [9.17, 15) is 13.2 Å². The number of hydrogen-bond acceptors (Lipinski definition) is 5. The standard InChI is InChI=1S/C17H18ClNO5S/c1-11-5-7-12(8-6-11)25(21,22)19(2)15-10-16(23-3)13(9-14(15)18)17(20)24-4/h5-10H,1-4H3. The molecule has 0 saturated heterocycles. The van der Waals surface area contributed by atoms with Gasteiger partial charge >= 0.3 is 5.97 Å². The molecular weight excluding hydrogens is 366 g/mol. The maximum Gasteiger partial charge on any atom is 0.341 e. The van der Waals surface area contributed by atoms with Crippen molar-refractivity contribution in [1.29, 1.82) is 0 Å². The molecule has 0 radical (unpaired) electrons. The Hall–Kier alpha value is -2.25. The van der Waals surface area contributed by atoms with Crippen LogP contribution in [0.5, 0.6) is 5.75 Å². The third kappa shape index (κ3) is 3.72. The number of nitrogens with zero attached hydrogens (tertiary/aromatic N) is 1. The maximum absolute atomic E-state index is 12.8. The predicted octanol–water partition coefficient (Wildman–Crippen LogP) is 3.27. The highest BCUT2D eigenvalue weighted by Gasteiger charge is 2.25. The Morgan fingerprint density at radius 3 is 2.24 bits per heavy atom. The zero-order valence-corrected chi connectivity index (χ0v) is 15.8. The van der Waals surface area contributed by atoms with Gasteiger partial charge in [0.25, 0.3) is 10.0 Å². The number of methoxy groups -OCH3 is 2. The molecule has 0 unspecified atom stereocenters. The molecule has 8 heteroatoms. The quantitative estimate of drug-likeness (QED) is 0.741. The SMILES string of the molecule is COC(=O)c1cc(Cl)c(N(C)S(=O)(=O)c2ccc(C)cc2)cc1OC. The average Bonchev–Trinajstić information content (AvgIpc) is 2.60. The van der Waals surface area contributed by atoms with Gasteiger partial charge in [-0.05, 0) is 25.1 Å². The number of hydrogen-bond donors (Lipinski definition) is 0. The van der Waals surface area contributed by atoms with Gasteiger partial charge in [0.15, 0.2) is 0 Å². The number of anilines is 1. The van der Waals surface area contributed by atoms with Crippen LogP contribution in [0.2, 0.25) is 5.02 Å². The number of carbonyl (C=O) groups excluding carboxylic acids is 1. The third-order valence-corrected chi connectivity index (χ3v) is 5.78. The lowest BCUT2D eigenvalue weighted by atomic mass is 10.2. The van der Waals surface area contributed by atoms with Crippen molar-refractivity contribution >= 4 is 33.3 Å². The van der Waals surface area contributed by atoms with E-state index in [4.69, 9.17) is 16.3 Å². The zero-order chi connectivity index (χ0) is 18.8. The highest BCUT2D eigenvalue weighted by atomic mass is 35.5. The monoisotopic (exact) mass is 383 g/mol. The zero-order valence-electron chi connectivity index (χ0n) is 14.2. The topological polar surface area (TPSA) is 72.9 Å². The summed E-state index contributed by atoms with van der Waals surface area (Å²) in [6.07, 6.45) is 0. The van der Waals surface area contributed by atoms with E-state index in [0.717, 1.165) is 9.87 Å². The summed E-state index contributed by atoms with van der Waals surface area (Å²) >= 11 is 6.20. The molecule has 0 fully saturated rings. The second-order valence-electron chi connectivity index (χ2n) is 5.28. The first-order chi connectivity index (χ1) is 11.7. The molecule has 0 heterocycles. The first-order valence-electron chi connectivity index (χ1n) is 7.23. The summed E-state index contributed by atoms with van der Waals surface area (Å²) in [6, 6.07) is 9.18. The predicted molar refractivity (Wildman–Crippen MR) is 96.1 cm³/mol. The van der Waals surface area contributed by atoms with Crippen LogP contribution in [-0.2, 0) is 14.8 Å². The molecule has 0 saturated carbocycles. The molecule has 0 aliphatic rings. The number of aryl methyl sites for hydroxylation is 1. The molecule has 0 N–H and O–H groups in total. The Morgan fingerprint density at radius 2 is 1.72 bits per heavy atom. The van der Waals surface area contributed by atoms with Crippen molar-refractivity contribution in [1.82, 2.24) is 0 Å². The lowest BCUT2D eigenvalue weighted by molar-refractivity contribution is 0.0597. The summed E-state index contributed by atoms with van der Waals surface area (Å²) in [5.41, 5.74) is 1.25. The van der Waals surface area contributed by atoms with Gasteiger partial charge in [-0.25, -0.2) is 13.2 Å². The molecule has 6 nitrogen and oxygen atoms in total. The maximum atomic E-state index is 12.8. The van der Waals surface area contributed by atoms with Crippen LogP contribution in [0.15, 0.2) is 41.3 Å². The highest BCUT2D eigenvalue weighted by Crippen LogP contribution is 2.35. The van der Waals surface area contributed by atoms with Crippen LogP contribution in [-0.4, -0.2) is 35.7 Å². The van der Waals surface area contributed by atoms with Crippen molar-refractivity contribution in [3.05, 3.63) is 52.5 Å². The molecule has 0 aromatic heterocycles. The Kier molecular flexibility index (Phi) is 5.59. The van der Waals surface area contributed by atoms with E-state index < -0.39 is 16.0 Å². The van der Waals surface area contributed by atoms with Crippen LogP contribution in [0.4, 0.5) is 5.69 Å². The van der Waals surface area contributed by atoms with E-state index in [1.807, 2.05) is 6.92 Å². The van der Waals surface area contributed by atoms with Gasteiger partial charge in [0.05, 0.1) is 29.8 Å². The summed E-state index contributed by atoms with van der Waals surface area (Å²) in [5.74, 6) is -0.466. The van der Waals surface area contributed by atoms with Crippen LogP contribution < -0.4 is 9.04 Å². The minimum Gasteiger partial charge on any atom is -0.496 e. The molecule has 0 aliphatic carbocycles. The Labute approximate surface area is 152 Å². The smallest absolute Gasteiger partial charge is 0.341 e. The summed E-state index contributed by atoms with van der Waals surface area (Å²) < 4.78 is 36.5. The van der Waals surface area contributed by atoms with E-state index in [1.165, 1.54) is 45.5 Å². The number of ether oxygens (including phenoxy) is 2. The van der Waals surface area contributed by atoms with E-state index in [-0.39, 0.29) is 26.9 Å². The van der Waals surface area contributed by atoms with Gasteiger partial charge in [0.2, 0.25) is 0 Å². The van der Waals surface area contributed by atoms with Crippen molar-refractivity contribution in [2.24, 2.45) is 0 Å². The number of carbonyl (C=O) groups is 1. The summed E-state index contributed by atoms with van der Waals surface area (Å²) in [6.45, 7) is 1.87. The first kappa shape index (κ1) is 19.1. The van der Waals surface area contributed by atoms with Crippen LogP contribution in [0.1, 0.15) is 15.9 Å². The molecule has 0 atom stereocenters. The lowest BCUT2D eigenvalue weighted by Crippen LogP contribution is -2.27. The van der Waals surface area contributed by atoms with Crippen LogP contribution in [0, 0.1) is 6.92 Å². The third-order valence-electron chi connectivity index (χ3n) is 3.69. The molecule has 2 aromatic carbocycles. The van der Waals surface area contributed by atoms with Crippen molar-refractivity contribution < 1.29 is 22.7 Å². The van der Waals surface area contributed by atoms with Crippen molar-refractivity contribution in [2.75, 3.05) is 25.6 Å². The van der Waals surface area contributed by atoms with Gasteiger partial charge < -0.3 is 9.47 Å².